The van der Waals surface area contributed by atoms with Gasteiger partial charge in [-0.2, -0.15) is 0 Å². The molecule has 0 saturated heterocycles. The van der Waals surface area contributed by atoms with Crippen LogP contribution >= 0.6 is 0 Å². The first-order valence-electron chi connectivity index (χ1n) is 27.0. The molecule has 2 aromatic heterocycles. The summed E-state index contributed by atoms with van der Waals surface area (Å²) in [6, 6.07) is 98.2. The highest BCUT2D eigenvalue weighted by atomic mass is 15.1. The molecule has 5 nitrogen and oxygen atoms in total. The average molecular weight is 1020 g/mol. The van der Waals surface area contributed by atoms with Crippen LogP contribution in [0.25, 0.3) is 83.6 Å². The second-order valence-corrected chi connectivity index (χ2v) is 20.6. The molecule has 2 heterocycles. The van der Waals surface area contributed by atoms with Crippen LogP contribution in [0.1, 0.15) is 22.3 Å². The lowest BCUT2D eigenvalue weighted by Gasteiger charge is -2.26. The molecule has 378 valence electrons. The molecule has 0 unspecified atom stereocenters. The van der Waals surface area contributed by atoms with E-state index in [1.165, 1.54) is 38.6 Å². The zero-order valence-electron chi connectivity index (χ0n) is 44.7. The van der Waals surface area contributed by atoms with Crippen molar-refractivity contribution in [3.05, 3.63) is 295 Å². The number of anilines is 6. The minimum Gasteiger partial charge on any atom is -0.310 e. The SMILES string of the molecule is Cc1cccc(-c2cc(-c3cc(C)c(-c4ccc(-c5ccc(-n6c7ccc(N(c8ccccc8)c8ccccc8)cc7c7cc(N(c8ccccc8)c8ccccc8)ccc76)cc5)cc4)cc3C)nc(-c3cccc(C)c3)n2)c1. The van der Waals surface area contributed by atoms with Gasteiger partial charge in [0.1, 0.15) is 0 Å². The first-order valence-corrected chi connectivity index (χ1v) is 27.0. The molecule has 0 aliphatic carbocycles. The van der Waals surface area contributed by atoms with Gasteiger partial charge in [-0.1, -0.05) is 163 Å². The molecule has 5 heteroatoms. The summed E-state index contributed by atoms with van der Waals surface area (Å²) in [6.45, 7) is 8.63. The second-order valence-electron chi connectivity index (χ2n) is 20.6. The number of rotatable bonds is 12. The Bertz CT molecular complexity index is 4040. The maximum Gasteiger partial charge on any atom is 0.160 e. The molecular formula is C74H57N5. The van der Waals surface area contributed by atoms with Gasteiger partial charge in [0.25, 0.3) is 0 Å². The fourth-order valence-electron chi connectivity index (χ4n) is 11.3. The summed E-state index contributed by atoms with van der Waals surface area (Å²) in [5.74, 6) is 0.727. The predicted octanol–water partition coefficient (Wildman–Crippen LogP) is 20.1. The fraction of sp³-hybridized carbons (Fsp3) is 0.0541. The van der Waals surface area contributed by atoms with Crippen molar-refractivity contribution in [2.75, 3.05) is 9.80 Å². The Labute approximate surface area is 462 Å². The molecule has 11 aromatic carbocycles. The Morgan fingerprint density at radius 3 is 1.20 bits per heavy atom. The topological polar surface area (TPSA) is 37.2 Å². The third-order valence-electron chi connectivity index (χ3n) is 15.1. The van der Waals surface area contributed by atoms with E-state index in [-0.39, 0.29) is 0 Å². The van der Waals surface area contributed by atoms with Crippen LogP contribution in [0.15, 0.2) is 273 Å². The standard InChI is InChI=1S/C74H57N5/c1-50-19-17-21-57(43-50)70-49-71(76-74(75-70)58-22-18-20-51(2)44-58)67-46-52(3)66(45-53(67)4)56-33-31-54(32-34-56)55-35-37-63(38-36-55)79-72-41-39-64(77(59-23-9-5-10-24-59)60-25-11-6-12-26-60)47-68(72)69-48-65(40-42-73(69)79)78(61-27-13-7-14-28-61)62-29-15-8-16-30-62/h5-49H,1-4H3. The van der Waals surface area contributed by atoms with Gasteiger partial charge in [0.2, 0.25) is 0 Å². The van der Waals surface area contributed by atoms with Crippen LogP contribution < -0.4 is 9.80 Å². The van der Waals surface area contributed by atoms with Crippen molar-refractivity contribution in [3.8, 4) is 61.8 Å². The van der Waals surface area contributed by atoms with E-state index in [0.29, 0.717) is 0 Å². The van der Waals surface area contributed by atoms with Gasteiger partial charge in [-0.05, 0) is 182 Å². The molecule has 0 radical (unpaired) electrons. The third kappa shape index (κ3) is 9.53. The van der Waals surface area contributed by atoms with E-state index in [1.54, 1.807) is 0 Å². The van der Waals surface area contributed by atoms with Crippen LogP contribution in [-0.2, 0) is 0 Å². The summed E-state index contributed by atoms with van der Waals surface area (Å²) in [7, 11) is 0. The van der Waals surface area contributed by atoms with E-state index < -0.39 is 0 Å². The van der Waals surface area contributed by atoms with Crippen molar-refractivity contribution in [2.24, 2.45) is 0 Å². The van der Waals surface area contributed by atoms with E-state index in [2.05, 4.69) is 315 Å². The van der Waals surface area contributed by atoms with E-state index in [9.17, 15) is 0 Å². The van der Waals surface area contributed by atoms with E-state index in [0.717, 1.165) is 101 Å². The van der Waals surface area contributed by atoms with Crippen LogP contribution in [0.3, 0.4) is 0 Å². The number of nitrogens with zero attached hydrogens (tertiary/aromatic N) is 5. The molecule has 0 N–H and O–H groups in total. The summed E-state index contributed by atoms with van der Waals surface area (Å²) in [5, 5.41) is 2.34. The highest BCUT2D eigenvalue weighted by molar-refractivity contribution is 6.12. The average Bonchev–Trinajstić information content (AvgIpc) is 4.10. The lowest BCUT2D eigenvalue weighted by molar-refractivity contribution is 1.17. The van der Waals surface area contributed by atoms with Crippen molar-refractivity contribution >= 4 is 55.9 Å². The van der Waals surface area contributed by atoms with Gasteiger partial charge in [0, 0.05) is 67.3 Å². The number of hydrogen-bond donors (Lipinski definition) is 0. The Kier molecular flexibility index (Phi) is 12.8. The Hall–Kier alpha value is -10.1. The van der Waals surface area contributed by atoms with E-state index in [4.69, 9.17) is 9.97 Å². The highest BCUT2D eigenvalue weighted by Gasteiger charge is 2.21. The fourth-order valence-corrected chi connectivity index (χ4v) is 11.3. The third-order valence-corrected chi connectivity index (χ3v) is 15.1. The molecule has 13 aromatic rings. The van der Waals surface area contributed by atoms with Gasteiger partial charge in [-0.25, -0.2) is 9.97 Å². The first-order chi connectivity index (χ1) is 38.8. The molecule has 13 rings (SSSR count). The minimum atomic E-state index is 0.727. The Balaban J connectivity index is 0.858. The Morgan fingerprint density at radius 1 is 0.291 bits per heavy atom. The van der Waals surface area contributed by atoms with Gasteiger partial charge in [-0.3, -0.25) is 0 Å². The number of aryl methyl sites for hydroxylation is 4. The van der Waals surface area contributed by atoms with E-state index >= 15 is 0 Å². The summed E-state index contributed by atoms with van der Waals surface area (Å²) in [5.41, 5.74) is 24.4. The van der Waals surface area contributed by atoms with Crippen molar-refractivity contribution < 1.29 is 0 Å². The van der Waals surface area contributed by atoms with Crippen molar-refractivity contribution in [1.29, 1.82) is 0 Å². The molecule has 0 aliphatic heterocycles. The maximum atomic E-state index is 5.21. The van der Waals surface area contributed by atoms with Crippen LogP contribution in [-0.4, -0.2) is 14.5 Å². The number of para-hydroxylation sites is 4. The highest BCUT2D eigenvalue weighted by Crippen LogP contribution is 2.43. The smallest absolute Gasteiger partial charge is 0.160 e. The second kappa shape index (κ2) is 20.8. The molecule has 0 fully saturated rings. The van der Waals surface area contributed by atoms with Crippen LogP contribution in [0.5, 0.6) is 0 Å². The number of aromatic nitrogens is 3. The molecule has 0 atom stereocenters. The monoisotopic (exact) mass is 1020 g/mol. The predicted molar refractivity (Wildman–Crippen MR) is 332 cm³/mol. The number of hydrogen-bond acceptors (Lipinski definition) is 4. The summed E-state index contributed by atoms with van der Waals surface area (Å²) in [4.78, 5) is 15.0. The number of benzene rings is 11. The molecule has 79 heavy (non-hydrogen) atoms. The minimum absolute atomic E-state index is 0.727. The summed E-state index contributed by atoms with van der Waals surface area (Å²) < 4.78 is 2.42. The Morgan fingerprint density at radius 2 is 0.709 bits per heavy atom. The van der Waals surface area contributed by atoms with E-state index in [1.807, 2.05) is 0 Å². The lowest BCUT2D eigenvalue weighted by Crippen LogP contribution is -2.09. The first kappa shape index (κ1) is 48.5. The van der Waals surface area contributed by atoms with Gasteiger partial charge in [0.15, 0.2) is 5.82 Å². The molecule has 0 saturated carbocycles. The molecule has 0 aliphatic rings. The molecule has 0 spiro atoms. The summed E-state index contributed by atoms with van der Waals surface area (Å²) >= 11 is 0. The summed E-state index contributed by atoms with van der Waals surface area (Å²) in [6.07, 6.45) is 0. The maximum absolute atomic E-state index is 5.21. The largest absolute Gasteiger partial charge is 0.310 e. The quantitative estimate of drug-likeness (QED) is 0.122. The molecule has 0 bridgehead atoms. The molecular weight excluding hydrogens is 959 g/mol. The van der Waals surface area contributed by atoms with Crippen molar-refractivity contribution in [3.63, 3.8) is 0 Å². The molecule has 0 amide bonds. The van der Waals surface area contributed by atoms with Gasteiger partial charge >= 0.3 is 0 Å². The zero-order chi connectivity index (χ0) is 53.4. The van der Waals surface area contributed by atoms with Crippen molar-refractivity contribution in [2.45, 2.75) is 27.7 Å². The van der Waals surface area contributed by atoms with Crippen LogP contribution in [0.4, 0.5) is 34.1 Å². The van der Waals surface area contributed by atoms with Crippen LogP contribution in [0, 0.1) is 27.7 Å². The van der Waals surface area contributed by atoms with Crippen LogP contribution in [0.2, 0.25) is 0 Å². The number of fused-ring (bicyclic) bond motifs is 3. The van der Waals surface area contributed by atoms with Gasteiger partial charge in [-0.15, -0.1) is 0 Å². The van der Waals surface area contributed by atoms with Crippen molar-refractivity contribution in [1.82, 2.24) is 14.5 Å². The normalized spacial score (nSPS) is 11.3. The van der Waals surface area contributed by atoms with Gasteiger partial charge < -0.3 is 14.4 Å². The lowest BCUT2D eigenvalue weighted by atomic mass is 9.92. The zero-order valence-corrected chi connectivity index (χ0v) is 44.7. The van der Waals surface area contributed by atoms with Gasteiger partial charge in [0.05, 0.1) is 22.4 Å².